The van der Waals surface area contributed by atoms with Gasteiger partial charge in [0.15, 0.2) is 0 Å². The summed E-state index contributed by atoms with van der Waals surface area (Å²) in [7, 11) is -4.38. The van der Waals surface area contributed by atoms with Crippen LogP contribution < -0.4 is 4.72 Å². The second-order valence-electron chi connectivity index (χ2n) is 6.80. The van der Waals surface area contributed by atoms with Crippen molar-refractivity contribution in [2.24, 2.45) is 0 Å². The van der Waals surface area contributed by atoms with Crippen LogP contribution in [0.4, 0.5) is 5.69 Å². The molecule has 0 bridgehead atoms. The molecule has 1 aliphatic rings. The largest absolute Gasteiger partial charge is 0.301 e. The molecule has 1 aliphatic heterocycles. The van der Waals surface area contributed by atoms with Gasteiger partial charge in [0.25, 0.3) is 0 Å². The van der Waals surface area contributed by atoms with Crippen LogP contribution in [0.3, 0.4) is 0 Å². The van der Waals surface area contributed by atoms with Crippen LogP contribution in [0.25, 0.3) is 0 Å². The highest BCUT2D eigenvalue weighted by atomic mass is 32.2. The molecule has 0 radical (unpaired) electrons. The number of nitrogens with one attached hydrogen (secondary N) is 1. The molecule has 0 aromatic heterocycles. The van der Waals surface area contributed by atoms with Crippen molar-refractivity contribution in [2.45, 2.75) is 31.2 Å². The number of benzene rings is 1. The lowest BCUT2D eigenvalue weighted by molar-refractivity contribution is 0.233. The zero-order valence-electron chi connectivity index (χ0n) is 15.7. The quantitative estimate of drug-likeness (QED) is 0.764. The van der Waals surface area contributed by atoms with E-state index in [1.54, 1.807) is 0 Å². The lowest BCUT2D eigenvalue weighted by atomic mass is 10.3. The second kappa shape index (κ2) is 8.22. The van der Waals surface area contributed by atoms with Gasteiger partial charge in [-0.25, -0.2) is 8.42 Å². The van der Waals surface area contributed by atoms with Crippen LogP contribution in [0.15, 0.2) is 29.2 Å². The minimum absolute atomic E-state index is 0.170. The van der Waals surface area contributed by atoms with Gasteiger partial charge in [0.05, 0.1) is 4.90 Å². The van der Waals surface area contributed by atoms with Crippen LogP contribution in [0, 0.1) is 0 Å². The van der Waals surface area contributed by atoms with Crippen molar-refractivity contribution in [3.05, 3.63) is 24.3 Å². The molecule has 0 aliphatic carbocycles. The van der Waals surface area contributed by atoms with Crippen molar-refractivity contribution < 1.29 is 16.8 Å². The average molecular weight is 405 g/mol. The zero-order chi connectivity index (χ0) is 19.5. The molecule has 1 N–H and O–H groups in total. The highest BCUT2D eigenvalue weighted by Gasteiger charge is 2.27. The van der Waals surface area contributed by atoms with Crippen LogP contribution in [0.2, 0.25) is 0 Å². The standard InChI is InChI=1S/C16H28N4O4S2/c1-14(2)19-10-5-11-20(13-12-19)25(21,22)16-8-6-15(7-9-16)17-26(23,24)18(3)4/h6-9,14,17H,5,10-13H2,1-4H3. The van der Waals surface area contributed by atoms with Gasteiger partial charge in [-0.3, -0.25) is 9.62 Å². The van der Waals surface area contributed by atoms with Crippen LogP contribution >= 0.6 is 0 Å². The van der Waals surface area contributed by atoms with Gasteiger partial charge >= 0.3 is 10.2 Å². The normalized spacial score (nSPS) is 18.2. The number of anilines is 1. The van der Waals surface area contributed by atoms with E-state index in [0.717, 1.165) is 17.3 Å². The number of sulfonamides is 1. The summed E-state index contributed by atoms with van der Waals surface area (Å²) in [6.07, 6.45) is 0.790. The lowest BCUT2D eigenvalue weighted by Gasteiger charge is -2.24. The van der Waals surface area contributed by atoms with E-state index in [1.807, 2.05) is 0 Å². The summed E-state index contributed by atoms with van der Waals surface area (Å²) in [6.45, 7) is 6.75. The van der Waals surface area contributed by atoms with Crippen LogP contribution in [-0.2, 0) is 20.2 Å². The Kier molecular flexibility index (Phi) is 6.67. The molecule has 26 heavy (non-hydrogen) atoms. The third-order valence-electron chi connectivity index (χ3n) is 4.44. The van der Waals surface area contributed by atoms with Gasteiger partial charge < -0.3 is 0 Å². The highest BCUT2D eigenvalue weighted by molar-refractivity contribution is 7.90. The first-order valence-corrected chi connectivity index (χ1v) is 11.5. The van der Waals surface area contributed by atoms with Crippen molar-refractivity contribution >= 4 is 25.9 Å². The van der Waals surface area contributed by atoms with Gasteiger partial charge in [0.2, 0.25) is 10.0 Å². The maximum Gasteiger partial charge on any atom is 0.301 e. The van der Waals surface area contributed by atoms with E-state index in [2.05, 4.69) is 23.5 Å². The zero-order valence-corrected chi connectivity index (χ0v) is 17.3. The molecule has 0 amide bonds. The molecule has 0 atom stereocenters. The molecule has 1 fully saturated rings. The van der Waals surface area contributed by atoms with Crippen LogP contribution in [-0.4, -0.2) is 76.7 Å². The van der Waals surface area contributed by atoms with Crippen molar-refractivity contribution in [2.75, 3.05) is 45.0 Å². The fraction of sp³-hybridized carbons (Fsp3) is 0.625. The topological polar surface area (TPSA) is 90.0 Å². The Morgan fingerprint density at radius 2 is 1.58 bits per heavy atom. The molecule has 10 heteroatoms. The fourth-order valence-corrected chi connectivity index (χ4v) is 4.84. The van der Waals surface area contributed by atoms with Crippen molar-refractivity contribution in [1.82, 2.24) is 13.5 Å². The summed E-state index contributed by atoms with van der Waals surface area (Å²) >= 11 is 0. The second-order valence-corrected chi connectivity index (χ2v) is 10.6. The molecule has 1 heterocycles. The summed E-state index contributed by atoms with van der Waals surface area (Å²) in [5.41, 5.74) is 0.319. The van der Waals surface area contributed by atoms with Crippen molar-refractivity contribution in [1.29, 1.82) is 0 Å². The number of nitrogens with zero attached hydrogens (tertiary/aromatic N) is 3. The molecular weight excluding hydrogens is 376 g/mol. The van der Waals surface area contributed by atoms with Gasteiger partial charge in [-0.15, -0.1) is 0 Å². The van der Waals surface area contributed by atoms with E-state index in [9.17, 15) is 16.8 Å². The average Bonchev–Trinajstić information content (AvgIpc) is 2.81. The maximum atomic E-state index is 12.9. The van der Waals surface area contributed by atoms with Crippen LogP contribution in [0.1, 0.15) is 20.3 Å². The van der Waals surface area contributed by atoms with Gasteiger partial charge in [0.1, 0.15) is 0 Å². The molecule has 1 saturated heterocycles. The molecular formula is C16H28N4O4S2. The van der Waals surface area contributed by atoms with Crippen molar-refractivity contribution in [3.8, 4) is 0 Å². The fourth-order valence-electron chi connectivity index (χ4n) is 2.75. The predicted molar refractivity (Wildman–Crippen MR) is 103 cm³/mol. The first kappa shape index (κ1) is 21.1. The Hall–Kier alpha value is -1.20. The third kappa shape index (κ3) is 4.95. The minimum atomic E-state index is -3.62. The minimum Gasteiger partial charge on any atom is -0.300 e. The van der Waals surface area contributed by atoms with E-state index in [4.69, 9.17) is 0 Å². The van der Waals surface area contributed by atoms with Crippen molar-refractivity contribution in [3.63, 3.8) is 0 Å². The Morgan fingerprint density at radius 1 is 0.962 bits per heavy atom. The summed E-state index contributed by atoms with van der Waals surface area (Å²) < 4.78 is 54.4. The molecule has 0 unspecified atom stereocenters. The van der Waals surface area contributed by atoms with Gasteiger partial charge in [-0.1, -0.05) is 0 Å². The number of hydrogen-bond donors (Lipinski definition) is 1. The highest BCUT2D eigenvalue weighted by Crippen LogP contribution is 2.21. The van der Waals surface area contributed by atoms with E-state index in [0.29, 0.717) is 31.4 Å². The SMILES string of the molecule is CC(C)N1CCCN(S(=O)(=O)c2ccc(NS(=O)(=O)N(C)C)cc2)CC1. The van der Waals surface area contributed by atoms with Gasteiger partial charge in [-0.05, 0) is 51.1 Å². The molecule has 1 aromatic rings. The Balaban J connectivity index is 2.14. The maximum absolute atomic E-state index is 12.9. The van der Waals surface area contributed by atoms with Gasteiger partial charge in [0, 0.05) is 45.5 Å². The number of rotatable bonds is 6. The summed E-state index contributed by atoms with van der Waals surface area (Å²) in [5.74, 6) is 0. The van der Waals surface area contributed by atoms with E-state index in [-0.39, 0.29) is 4.90 Å². The molecule has 2 rings (SSSR count). The molecule has 8 nitrogen and oxygen atoms in total. The Bertz CT molecular complexity index is 805. The van der Waals surface area contributed by atoms with Crippen LogP contribution in [0.5, 0.6) is 0 Å². The smallest absolute Gasteiger partial charge is 0.300 e. The molecule has 1 aromatic carbocycles. The summed E-state index contributed by atoms with van der Waals surface area (Å²) in [5, 5.41) is 0. The summed E-state index contributed by atoms with van der Waals surface area (Å²) in [6, 6.07) is 6.20. The monoisotopic (exact) mass is 404 g/mol. The first-order chi connectivity index (χ1) is 12.0. The van der Waals surface area contributed by atoms with E-state index in [1.165, 1.54) is 42.7 Å². The van der Waals surface area contributed by atoms with E-state index < -0.39 is 20.2 Å². The number of hydrogen-bond acceptors (Lipinski definition) is 5. The molecule has 0 saturated carbocycles. The van der Waals surface area contributed by atoms with Gasteiger partial charge in [-0.2, -0.15) is 17.0 Å². The van der Waals surface area contributed by atoms with E-state index >= 15 is 0 Å². The lowest BCUT2D eigenvalue weighted by Crippen LogP contribution is -2.37. The predicted octanol–water partition coefficient (Wildman–Crippen LogP) is 1.01. The first-order valence-electron chi connectivity index (χ1n) is 8.58. The third-order valence-corrected chi connectivity index (χ3v) is 7.81. The Labute approximate surface area is 157 Å². The summed E-state index contributed by atoms with van der Waals surface area (Å²) in [4.78, 5) is 2.44. The molecule has 0 spiro atoms. The molecule has 148 valence electrons. The Morgan fingerprint density at radius 3 is 2.12 bits per heavy atom.